The van der Waals surface area contributed by atoms with Crippen molar-refractivity contribution in [2.24, 2.45) is 0 Å². The summed E-state index contributed by atoms with van der Waals surface area (Å²) in [5, 5.41) is 9.12. The number of anilines is 2. The van der Waals surface area contributed by atoms with Gasteiger partial charge in [0, 0.05) is 50.8 Å². The first-order valence-electron chi connectivity index (χ1n) is 13.9. The average molecular weight is 585 g/mol. The van der Waals surface area contributed by atoms with Crippen molar-refractivity contribution in [1.82, 2.24) is 44.4 Å². The lowest BCUT2D eigenvalue weighted by Gasteiger charge is -2.35. The van der Waals surface area contributed by atoms with Crippen LogP contribution in [-0.4, -0.2) is 70.5 Å². The molecular weight excluding hydrogens is 559 g/mol. The van der Waals surface area contributed by atoms with Crippen molar-refractivity contribution in [2.75, 3.05) is 36.8 Å². The van der Waals surface area contributed by atoms with Crippen molar-refractivity contribution in [3.63, 3.8) is 0 Å². The van der Waals surface area contributed by atoms with E-state index in [0.29, 0.717) is 39.9 Å². The van der Waals surface area contributed by atoms with Gasteiger partial charge in [0.25, 0.3) is 0 Å². The Hall–Kier alpha value is -5.87. The van der Waals surface area contributed by atoms with Crippen LogP contribution in [0.15, 0.2) is 79.4 Å². The van der Waals surface area contributed by atoms with Gasteiger partial charge < -0.3 is 10.6 Å². The summed E-state index contributed by atoms with van der Waals surface area (Å²) in [5.41, 5.74) is 10.5. The Balaban J connectivity index is 1.17. The van der Waals surface area contributed by atoms with Crippen LogP contribution in [0.5, 0.6) is 0 Å². The van der Waals surface area contributed by atoms with Crippen LogP contribution in [0, 0.1) is 17.1 Å². The number of aromatic nitrogens is 8. The highest BCUT2D eigenvalue weighted by molar-refractivity contribution is 5.83. The Bertz CT molecular complexity index is 1990. The third-order valence-electron chi connectivity index (χ3n) is 7.47. The minimum atomic E-state index is -0.434. The fraction of sp³-hybridized carbons (Fsp3) is 0.161. The van der Waals surface area contributed by atoms with E-state index in [9.17, 15) is 4.39 Å². The number of imidazole rings is 1. The number of hydrogen-bond acceptors (Lipinski definition) is 11. The third kappa shape index (κ3) is 5.25. The van der Waals surface area contributed by atoms with Gasteiger partial charge >= 0.3 is 0 Å². The largest absolute Gasteiger partial charge is 0.383 e. The number of nitrogens with two attached hydrogens (primary N) is 1. The molecule has 1 aliphatic heterocycles. The number of benzene rings is 1. The number of nitrogens with zero attached hydrogens (tertiary/aromatic N) is 11. The van der Waals surface area contributed by atoms with Crippen LogP contribution in [0.1, 0.15) is 11.4 Å². The maximum absolute atomic E-state index is 13.5. The Morgan fingerprint density at radius 2 is 1.68 bits per heavy atom. The van der Waals surface area contributed by atoms with Gasteiger partial charge in [0.1, 0.15) is 34.7 Å². The number of fused-ring (bicyclic) bond motifs is 1. The van der Waals surface area contributed by atoms with E-state index in [-0.39, 0.29) is 5.82 Å². The van der Waals surface area contributed by atoms with Gasteiger partial charge in [-0.05, 0) is 48.0 Å². The highest BCUT2D eigenvalue weighted by Gasteiger charge is 2.21. The average Bonchev–Trinajstić information content (AvgIpc) is 3.44. The zero-order valence-corrected chi connectivity index (χ0v) is 23.4. The fourth-order valence-corrected chi connectivity index (χ4v) is 5.26. The summed E-state index contributed by atoms with van der Waals surface area (Å²) in [4.78, 5) is 35.3. The van der Waals surface area contributed by atoms with E-state index in [4.69, 9.17) is 21.0 Å². The van der Waals surface area contributed by atoms with E-state index in [1.54, 1.807) is 24.7 Å². The summed E-state index contributed by atoms with van der Waals surface area (Å²) in [6.45, 7) is 4.13. The van der Waals surface area contributed by atoms with Gasteiger partial charge in [-0.25, -0.2) is 39.3 Å². The van der Waals surface area contributed by atoms with Gasteiger partial charge in [0.15, 0.2) is 17.3 Å². The fourth-order valence-electron chi connectivity index (χ4n) is 5.26. The quantitative estimate of drug-likeness (QED) is 0.305. The van der Waals surface area contributed by atoms with Crippen molar-refractivity contribution in [2.45, 2.75) is 6.54 Å². The smallest absolute Gasteiger partial charge is 0.234 e. The molecule has 0 bridgehead atoms. The minimum Gasteiger partial charge on any atom is -0.383 e. The highest BCUT2D eigenvalue weighted by atomic mass is 19.1. The van der Waals surface area contributed by atoms with Gasteiger partial charge in [0.2, 0.25) is 5.82 Å². The molecule has 12 nitrogen and oxygen atoms in total. The SMILES string of the molecule is N#Cc1nccc(N2CCN(Cc3ccc(-n4c(-c5cccnc5N)nc5cnc(-c6ccc(F)cn6)nc54)cc3)CC2)n1. The molecule has 1 saturated heterocycles. The molecule has 0 unspecified atom stereocenters. The molecule has 1 aliphatic rings. The predicted octanol–water partition coefficient (Wildman–Crippen LogP) is 3.64. The van der Waals surface area contributed by atoms with Crippen LogP contribution in [0.2, 0.25) is 0 Å². The number of piperazine rings is 1. The molecule has 2 N–H and O–H groups in total. The maximum atomic E-state index is 13.5. The second kappa shape index (κ2) is 11.4. The summed E-state index contributed by atoms with van der Waals surface area (Å²) in [6.07, 6.45) is 6.03. The molecule has 0 spiro atoms. The number of nitriles is 1. The summed E-state index contributed by atoms with van der Waals surface area (Å²) in [5.74, 6) is 1.80. The highest BCUT2D eigenvalue weighted by Crippen LogP contribution is 2.31. The van der Waals surface area contributed by atoms with E-state index < -0.39 is 5.82 Å². The molecule has 0 saturated carbocycles. The first-order chi connectivity index (χ1) is 21.6. The molecule has 216 valence electrons. The van der Waals surface area contributed by atoms with Gasteiger partial charge in [-0.15, -0.1) is 0 Å². The molecule has 0 aliphatic carbocycles. The molecule has 7 rings (SSSR count). The number of pyridine rings is 2. The molecule has 0 amide bonds. The van der Waals surface area contributed by atoms with Crippen LogP contribution in [0.4, 0.5) is 16.0 Å². The number of halogens is 1. The first kappa shape index (κ1) is 27.0. The van der Waals surface area contributed by atoms with E-state index in [0.717, 1.165) is 56.0 Å². The van der Waals surface area contributed by atoms with Gasteiger partial charge in [-0.1, -0.05) is 12.1 Å². The Labute approximate surface area is 251 Å². The van der Waals surface area contributed by atoms with E-state index in [2.05, 4.69) is 46.9 Å². The topological polar surface area (TPSA) is 151 Å². The number of rotatable bonds is 6. The second-order valence-corrected chi connectivity index (χ2v) is 10.3. The van der Waals surface area contributed by atoms with E-state index >= 15 is 0 Å². The second-order valence-electron chi connectivity index (χ2n) is 10.3. The third-order valence-corrected chi connectivity index (χ3v) is 7.47. The molecule has 1 aromatic carbocycles. The van der Waals surface area contributed by atoms with Crippen LogP contribution >= 0.6 is 0 Å². The van der Waals surface area contributed by atoms with Crippen LogP contribution in [0.25, 0.3) is 39.8 Å². The van der Waals surface area contributed by atoms with Crippen molar-refractivity contribution >= 4 is 22.8 Å². The zero-order valence-electron chi connectivity index (χ0n) is 23.4. The maximum Gasteiger partial charge on any atom is 0.234 e. The van der Waals surface area contributed by atoms with Crippen LogP contribution in [-0.2, 0) is 6.54 Å². The van der Waals surface area contributed by atoms with Crippen LogP contribution in [0.3, 0.4) is 0 Å². The molecule has 0 atom stereocenters. The standard InChI is InChI=1S/C31H25FN12/c32-21-5-8-24(37-17-21)29-38-18-25-31(41-29)44(30(39-25)23-2-1-10-36-28(23)34)22-6-3-20(4-7-22)19-42-12-14-43(15-13-42)27-9-11-35-26(16-33)40-27/h1-11,17-18H,12-15,19H2,(H2,34,36). The van der Waals surface area contributed by atoms with E-state index in [1.807, 2.05) is 41.0 Å². The Morgan fingerprint density at radius 3 is 2.43 bits per heavy atom. The zero-order chi connectivity index (χ0) is 30.0. The summed E-state index contributed by atoms with van der Waals surface area (Å²) >= 11 is 0. The van der Waals surface area contributed by atoms with Gasteiger partial charge in [0.05, 0.1) is 18.0 Å². The first-order valence-corrected chi connectivity index (χ1v) is 13.9. The molecule has 13 heteroatoms. The molecule has 1 fully saturated rings. The normalized spacial score (nSPS) is 13.7. The van der Waals surface area contributed by atoms with Crippen molar-refractivity contribution in [3.05, 3.63) is 96.6 Å². The molecule has 0 radical (unpaired) electrons. The predicted molar refractivity (Wildman–Crippen MR) is 162 cm³/mol. The molecule has 6 heterocycles. The molecule has 6 aromatic rings. The van der Waals surface area contributed by atoms with Crippen LogP contribution < -0.4 is 10.6 Å². The minimum absolute atomic E-state index is 0.180. The molecule has 5 aromatic heterocycles. The lowest BCUT2D eigenvalue weighted by molar-refractivity contribution is 0.249. The lowest BCUT2D eigenvalue weighted by Crippen LogP contribution is -2.46. The molecular formula is C31H25FN12. The number of nitrogen functional groups attached to an aromatic ring is 1. The van der Waals surface area contributed by atoms with Crippen molar-refractivity contribution in [3.8, 4) is 34.7 Å². The molecule has 44 heavy (non-hydrogen) atoms. The Kier molecular flexibility index (Phi) is 7.01. The summed E-state index contributed by atoms with van der Waals surface area (Å²) < 4.78 is 15.4. The lowest BCUT2D eigenvalue weighted by atomic mass is 10.1. The Morgan fingerprint density at radius 1 is 0.841 bits per heavy atom. The monoisotopic (exact) mass is 584 g/mol. The van der Waals surface area contributed by atoms with Gasteiger partial charge in [-0.3, -0.25) is 9.47 Å². The van der Waals surface area contributed by atoms with Gasteiger partial charge in [-0.2, -0.15) is 5.26 Å². The number of hydrogen-bond donors (Lipinski definition) is 1. The summed E-state index contributed by atoms with van der Waals surface area (Å²) in [7, 11) is 0. The van der Waals surface area contributed by atoms with Crippen molar-refractivity contribution < 1.29 is 4.39 Å². The summed E-state index contributed by atoms with van der Waals surface area (Å²) in [6, 6.07) is 18.6. The van der Waals surface area contributed by atoms with Crippen molar-refractivity contribution in [1.29, 1.82) is 5.26 Å². The van der Waals surface area contributed by atoms with E-state index in [1.165, 1.54) is 6.07 Å².